The number of aryl methyl sites for hydroxylation is 4. The van der Waals surface area contributed by atoms with Crippen molar-refractivity contribution < 1.29 is 4.79 Å². The average molecular weight is 400 g/mol. The third-order valence-electron chi connectivity index (χ3n) is 5.25. The van der Waals surface area contributed by atoms with Crippen molar-refractivity contribution in [3.63, 3.8) is 0 Å². The summed E-state index contributed by atoms with van der Waals surface area (Å²) in [6.07, 6.45) is 2.31. The molecular weight excluding hydrogens is 376 g/mol. The van der Waals surface area contributed by atoms with Crippen LogP contribution in [-0.2, 0) is 11.8 Å². The highest BCUT2D eigenvalue weighted by atomic mass is 16.1. The van der Waals surface area contributed by atoms with E-state index in [0.717, 1.165) is 44.6 Å². The van der Waals surface area contributed by atoms with Gasteiger partial charge >= 0.3 is 0 Å². The topological polar surface area (TPSA) is 109 Å². The van der Waals surface area contributed by atoms with Gasteiger partial charge in [0.25, 0.3) is 0 Å². The highest BCUT2D eigenvalue weighted by molar-refractivity contribution is 6.04. The maximum atomic E-state index is 10.6. The van der Waals surface area contributed by atoms with E-state index < -0.39 is 0 Å². The van der Waals surface area contributed by atoms with Crippen LogP contribution in [0.5, 0.6) is 0 Å². The largest absolute Gasteiger partial charge is 0.325 e. The fraction of sp³-hybridized carbons (Fsp3) is 0.217. The molecule has 0 fully saturated rings. The van der Waals surface area contributed by atoms with E-state index in [1.54, 1.807) is 10.9 Å². The van der Waals surface area contributed by atoms with Gasteiger partial charge in [-0.1, -0.05) is 12.1 Å². The van der Waals surface area contributed by atoms with Crippen LogP contribution in [0.4, 0.5) is 0 Å². The molecule has 3 N–H and O–H groups in total. The number of rotatable bonds is 6. The number of hydrogen-bond donors (Lipinski definition) is 2. The van der Waals surface area contributed by atoms with Crippen LogP contribution in [-0.4, -0.2) is 28.4 Å². The maximum Gasteiger partial charge on any atom is 0.227 e. The van der Waals surface area contributed by atoms with E-state index in [-0.39, 0.29) is 6.54 Å². The number of nitrogens with two attached hydrogens (primary N) is 1. The minimum atomic E-state index is 0.181. The molecule has 0 aliphatic carbocycles. The normalized spacial score (nSPS) is 11.3. The Morgan fingerprint density at radius 2 is 1.93 bits per heavy atom. The molecule has 1 aromatic heterocycles. The molecule has 1 amide bonds. The Morgan fingerprint density at radius 3 is 2.60 bits per heavy atom. The van der Waals surface area contributed by atoms with E-state index in [1.165, 1.54) is 0 Å². The van der Waals surface area contributed by atoms with Crippen molar-refractivity contribution in [3.8, 4) is 28.5 Å². The summed E-state index contributed by atoms with van der Waals surface area (Å²) < 4.78 is 1.78. The maximum absolute atomic E-state index is 10.6. The molecule has 3 rings (SSSR count). The first kappa shape index (κ1) is 21.0. The second-order valence-corrected chi connectivity index (χ2v) is 7.16. The number of carbonyl (C=O) groups is 1. The van der Waals surface area contributed by atoms with E-state index in [1.807, 2.05) is 58.2 Å². The SMILES string of the molecule is Cc1cc(C#N)c(-c2c(-c3ccc(C)c(/C(CN)=N\NC=O)c3)cnn2C)cc1C. The summed E-state index contributed by atoms with van der Waals surface area (Å²) in [6, 6.07) is 12.2. The van der Waals surface area contributed by atoms with Gasteiger partial charge in [-0.3, -0.25) is 9.48 Å². The van der Waals surface area contributed by atoms with E-state index in [2.05, 4.69) is 21.7 Å². The first-order valence-corrected chi connectivity index (χ1v) is 9.52. The number of carbonyl (C=O) groups excluding carboxylic acids is 1. The van der Waals surface area contributed by atoms with Crippen LogP contribution in [0.15, 0.2) is 41.6 Å². The Kier molecular flexibility index (Phi) is 6.09. The molecule has 0 atom stereocenters. The molecular formula is C23H24N6O. The molecule has 7 nitrogen and oxygen atoms in total. The third-order valence-corrected chi connectivity index (χ3v) is 5.25. The van der Waals surface area contributed by atoms with Crippen LogP contribution in [0, 0.1) is 32.1 Å². The van der Waals surface area contributed by atoms with Gasteiger partial charge in [-0.2, -0.15) is 15.5 Å². The van der Waals surface area contributed by atoms with Crippen molar-refractivity contribution in [1.29, 1.82) is 5.26 Å². The van der Waals surface area contributed by atoms with Gasteiger partial charge in [0.1, 0.15) is 0 Å². The predicted molar refractivity (Wildman–Crippen MR) is 118 cm³/mol. The number of benzene rings is 2. The summed E-state index contributed by atoms with van der Waals surface area (Å²) in [6.45, 7) is 6.18. The molecule has 0 radical (unpaired) electrons. The number of hydrogen-bond acceptors (Lipinski definition) is 5. The fourth-order valence-corrected chi connectivity index (χ4v) is 3.49. The number of aromatic nitrogens is 2. The number of nitriles is 1. The molecule has 3 aromatic rings. The molecule has 2 aromatic carbocycles. The van der Waals surface area contributed by atoms with Crippen molar-refractivity contribution in [2.24, 2.45) is 17.9 Å². The van der Waals surface area contributed by atoms with Gasteiger partial charge in [-0.25, -0.2) is 5.43 Å². The van der Waals surface area contributed by atoms with Crippen molar-refractivity contribution >= 4 is 12.1 Å². The van der Waals surface area contributed by atoms with Gasteiger partial charge in [-0.05, 0) is 61.2 Å². The van der Waals surface area contributed by atoms with Crippen LogP contribution >= 0.6 is 0 Å². The zero-order valence-corrected chi connectivity index (χ0v) is 17.5. The quantitative estimate of drug-likeness (QED) is 0.377. The highest BCUT2D eigenvalue weighted by Crippen LogP contribution is 2.35. The highest BCUT2D eigenvalue weighted by Gasteiger charge is 2.18. The smallest absolute Gasteiger partial charge is 0.227 e. The first-order valence-electron chi connectivity index (χ1n) is 9.52. The van der Waals surface area contributed by atoms with E-state index in [9.17, 15) is 10.1 Å². The van der Waals surface area contributed by atoms with E-state index in [4.69, 9.17) is 5.73 Å². The Labute approximate surface area is 175 Å². The molecule has 0 unspecified atom stereocenters. The van der Waals surface area contributed by atoms with Crippen LogP contribution in [0.3, 0.4) is 0 Å². The molecule has 0 bridgehead atoms. The third kappa shape index (κ3) is 3.86. The molecule has 30 heavy (non-hydrogen) atoms. The van der Waals surface area contributed by atoms with Crippen molar-refractivity contribution in [2.75, 3.05) is 6.54 Å². The Morgan fingerprint density at radius 1 is 1.20 bits per heavy atom. The zero-order chi connectivity index (χ0) is 21.8. The van der Waals surface area contributed by atoms with E-state index in [0.29, 0.717) is 17.7 Å². The van der Waals surface area contributed by atoms with Crippen molar-refractivity contribution in [1.82, 2.24) is 15.2 Å². The molecule has 0 saturated heterocycles. The Hall–Kier alpha value is -3.76. The molecule has 0 spiro atoms. The van der Waals surface area contributed by atoms with Gasteiger partial charge in [0.05, 0.1) is 29.2 Å². The molecule has 0 aliphatic rings. The number of nitrogens with zero attached hydrogens (tertiary/aromatic N) is 4. The van der Waals surface area contributed by atoms with Crippen molar-refractivity contribution in [3.05, 3.63) is 64.3 Å². The molecule has 152 valence electrons. The lowest BCUT2D eigenvalue weighted by Gasteiger charge is -2.13. The summed E-state index contributed by atoms with van der Waals surface area (Å²) in [5.41, 5.74) is 16.9. The van der Waals surface area contributed by atoms with Crippen LogP contribution in [0.2, 0.25) is 0 Å². The van der Waals surface area contributed by atoms with Crippen LogP contribution in [0.1, 0.15) is 27.8 Å². The molecule has 1 heterocycles. The standard InChI is InChI=1S/C23H24N6O/c1-14-5-6-17(9-19(14)22(11-25)28-26-13-30)21-12-27-29(4)23(21)20-8-16(3)15(2)7-18(20)10-24/h5-9,12-13H,11,25H2,1-4H3,(H,26,30)/b28-22-. The van der Waals surface area contributed by atoms with Gasteiger partial charge in [-0.15, -0.1) is 0 Å². The summed E-state index contributed by atoms with van der Waals surface area (Å²) in [7, 11) is 1.87. The Balaban J connectivity index is 2.22. The molecule has 0 saturated carbocycles. The first-order chi connectivity index (χ1) is 14.4. The lowest BCUT2D eigenvalue weighted by atomic mass is 9.92. The minimum absolute atomic E-state index is 0.181. The van der Waals surface area contributed by atoms with Gasteiger partial charge < -0.3 is 5.73 Å². The van der Waals surface area contributed by atoms with E-state index >= 15 is 0 Å². The summed E-state index contributed by atoms with van der Waals surface area (Å²) in [5, 5.41) is 18.2. The molecule has 0 aliphatic heterocycles. The average Bonchev–Trinajstić information content (AvgIpc) is 3.12. The monoisotopic (exact) mass is 400 g/mol. The molecule has 7 heteroatoms. The van der Waals surface area contributed by atoms with Crippen molar-refractivity contribution in [2.45, 2.75) is 20.8 Å². The number of amides is 1. The second kappa shape index (κ2) is 8.72. The lowest BCUT2D eigenvalue weighted by Crippen LogP contribution is -2.20. The number of nitrogens with one attached hydrogen (secondary N) is 1. The fourth-order valence-electron chi connectivity index (χ4n) is 3.49. The van der Waals surface area contributed by atoms with Crippen LogP contribution in [0.25, 0.3) is 22.4 Å². The predicted octanol–water partition coefficient (Wildman–Crippen LogP) is 2.96. The summed E-state index contributed by atoms with van der Waals surface area (Å²) in [5.74, 6) is 0. The second-order valence-electron chi connectivity index (χ2n) is 7.16. The summed E-state index contributed by atoms with van der Waals surface area (Å²) in [4.78, 5) is 10.6. The zero-order valence-electron chi connectivity index (χ0n) is 17.5. The van der Waals surface area contributed by atoms with Gasteiger partial charge in [0, 0.05) is 30.3 Å². The van der Waals surface area contributed by atoms with Gasteiger partial charge in [0.2, 0.25) is 6.41 Å². The number of hydrazone groups is 1. The minimum Gasteiger partial charge on any atom is -0.325 e. The Bertz CT molecular complexity index is 1180. The van der Waals surface area contributed by atoms with Crippen LogP contribution < -0.4 is 11.2 Å². The summed E-state index contributed by atoms with van der Waals surface area (Å²) >= 11 is 0. The lowest BCUT2D eigenvalue weighted by molar-refractivity contribution is -0.109. The van der Waals surface area contributed by atoms with Gasteiger partial charge in [0.15, 0.2) is 0 Å².